The Hall–Kier alpha value is -1.75. The van der Waals surface area contributed by atoms with E-state index >= 15 is 0 Å². The van der Waals surface area contributed by atoms with Gasteiger partial charge in [-0.15, -0.1) is 0 Å². The zero-order valence-corrected chi connectivity index (χ0v) is 13.5. The zero-order valence-electron chi connectivity index (χ0n) is 13.5. The topological polar surface area (TPSA) is 54.9 Å². The molecule has 0 heterocycles. The van der Waals surface area contributed by atoms with E-state index in [0.717, 1.165) is 31.2 Å². The molecule has 2 N–H and O–H groups in total. The molecular formula is C16H27N3O2. The van der Waals surface area contributed by atoms with Gasteiger partial charge < -0.3 is 20.1 Å². The molecule has 1 aromatic rings. The van der Waals surface area contributed by atoms with Gasteiger partial charge in [-0.3, -0.25) is 4.99 Å². The Morgan fingerprint density at radius 2 is 1.76 bits per heavy atom. The number of methoxy groups -OCH3 is 1. The summed E-state index contributed by atoms with van der Waals surface area (Å²) in [5.74, 6) is 1.79. The highest BCUT2D eigenvalue weighted by molar-refractivity contribution is 5.79. The SMILES string of the molecule is CN=C(NCCCOc1c(C)cccc1C)NCCOC. The lowest BCUT2D eigenvalue weighted by molar-refractivity contribution is 0.203. The lowest BCUT2D eigenvalue weighted by Crippen LogP contribution is -2.39. The van der Waals surface area contributed by atoms with E-state index in [1.165, 1.54) is 11.1 Å². The van der Waals surface area contributed by atoms with E-state index in [-0.39, 0.29) is 0 Å². The highest BCUT2D eigenvalue weighted by Crippen LogP contribution is 2.22. The van der Waals surface area contributed by atoms with E-state index < -0.39 is 0 Å². The van der Waals surface area contributed by atoms with Crippen LogP contribution in [0.5, 0.6) is 5.75 Å². The Labute approximate surface area is 127 Å². The van der Waals surface area contributed by atoms with Crippen molar-refractivity contribution in [1.29, 1.82) is 0 Å². The lowest BCUT2D eigenvalue weighted by Gasteiger charge is -2.13. The van der Waals surface area contributed by atoms with Crippen LogP contribution in [0, 0.1) is 13.8 Å². The first-order valence-electron chi connectivity index (χ1n) is 7.31. The van der Waals surface area contributed by atoms with Gasteiger partial charge in [0.2, 0.25) is 0 Å². The second-order valence-electron chi connectivity index (χ2n) is 4.84. The van der Waals surface area contributed by atoms with E-state index in [1.807, 2.05) is 0 Å². The number of hydrogen-bond donors (Lipinski definition) is 2. The number of benzene rings is 1. The van der Waals surface area contributed by atoms with E-state index in [4.69, 9.17) is 9.47 Å². The number of nitrogens with zero attached hydrogens (tertiary/aromatic N) is 1. The van der Waals surface area contributed by atoms with Gasteiger partial charge in [0, 0.05) is 27.2 Å². The molecule has 1 rings (SSSR count). The molecule has 0 saturated carbocycles. The van der Waals surface area contributed by atoms with Crippen molar-refractivity contribution in [1.82, 2.24) is 10.6 Å². The molecule has 0 aliphatic rings. The molecular weight excluding hydrogens is 266 g/mol. The summed E-state index contributed by atoms with van der Waals surface area (Å²) < 4.78 is 10.8. The van der Waals surface area contributed by atoms with Crippen LogP contribution in [-0.2, 0) is 4.74 Å². The van der Waals surface area contributed by atoms with Crippen LogP contribution in [0.3, 0.4) is 0 Å². The number of hydrogen-bond acceptors (Lipinski definition) is 3. The third-order valence-electron chi connectivity index (χ3n) is 3.09. The molecule has 5 nitrogen and oxygen atoms in total. The molecule has 5 heteroatoms. The summed E-state index contributed by atoms with van der Waals surface area (Å²) in [7, 11) is 3.44. The Bertz CT molecular complexity index is 427. The number of para-hydroxylation sites is 1. The summed E-state index contributed by atoms with van der Waals surface area (Å²) in [6.07, 6.45) is 0.915. The van der Waals surface area contributed by atoms with Crippen LogP contribution in [0.2, 0.25) is 0 Å². The quantitative estimate of drug-likeness (QED) is 0.436. The molecule has 0 bridgehead atoms. The fourth-order valence-electron chi connectivity index (χ4n) is 1.97. The first kappa shape index (κ1) is 17.3. The number of aryl methyl sites for hydroxylation is 2. The third-order valence-corrected chi connectivity index (χ3v) is 3.09. The minimum absolute atomic E-state index is 0.663. The summed E-state index contributed by atoms with van der Waals surface area (Å²) in [4.78, 5) is 4.14. The predicted molar refractivity (Wildman–Crippen MR) is 87.3 cm³/mol. The van der Waals surface area contributed by atoms with Crippen LogP contribution in [0.25, 0.3) is 0 Å². The summed E-state index contributed by atoms with van der Waals surface area (Å²) in [5, 5.41) is 6.42. The molecule has 0 saturated heterocycles. The summed E-state index contributed by atoms with van der Waals surface area (Å²) in [6.45, 7) is 7.06. The molecule has 0 radical (unpaired) electrons. The first-order valence-corrected chi connectivity index (χ1v) is 7.31. The number of nitrogens with one attached hydrogen (secondary N) is 2. The highest BCUT2D eigenvalue weighted by Gasteiger charge is 2.02. The Morgan fingerprint density at radius 1 is 1.10 bits per heavy atom. The van der Waals surface area contributed by atoms with Gasteiger partial charge >= 0.3 is 0 Å². The van der Waals surface area contributed by atoms with Gasteiger partial charge in [-0.2, -0.15) is 0 Å². The van der Waals surface area contributed by atoms with Gasteiger partial charge in [0.15, 0.2) is 5.96 Å². The smallest absolute Gasteiger partial charge is 0.191 e. The standard InChI is InChI=1S/C16H27N3O2/c1-13-7-5-8-14(2)15(13)21-11-6-9-18-16(17-3)19-10-12-20-4/h5,7-8H,6,9-12H2,1-4H3,(H2,17,18,19). The average molecular weight is 293 g/mol. The summed E-state index contributed by atoms with van der Waals surface area (Å²) in [6, 6.07) is 6.19. The number of aliphatic imine (C=N–C) groups is 1. The highest BCUT2D eigenvalue weighted by atomic mass is 16.5. The molecule has 0 aliphatic carbocycles. The van der Waals surface area contributed by atoms with Crippen LogP contribution in [0.15, 0.2) is 23.2 Å². The third kappa shape index (κ3) is 6.49. The fourth-order valence-corrected chi connectivity index (χ4v) is 1.97. The maximum Gasteiger partial charge on any atom is 0.191 e. The number of guanidine groups is 1. The molecule has 1 aromatic carbocycles. The Morgan fingerprint density at radius 3 is 2.38 bits per heavy atom. The monoisotopic (exact) mass is 293 g/mol. The lowest BCUT2D eigenvalue weighted by atomic mass is 10.1. The number of rotatable bonds is 8. The van der Waals surface area contributed by atoms with Gasteiger partial charge in [0.05, 0.1) is 13.2 Å². The van der Waals surface area contributed by atoms with E-state index in [9.17, 15) is 0 Å². The Kier molecular flexibility index (Phi) is 8.28. The molecule has 0 atom stereocenters. The van der Waals surface area contributed by atoms with Crippen LogP contribution in [0.4, 0.5) is 0 Å². The summed E-state index contributed by atoms with van der Waals surface area (Å²) >= 11 is 0. The summed E-state index contributed by atoms with van der Waals surface area (Å²) in [5.41, 5.74) is 2.36. The van der Waals surface area contributed by atoms with E-state index in [0.29, 0.717) is 13.2 Å². The second-order valence-corrected chi connectivity index (χ2v) is 4.84. The molecule has 0 unspecified atom stereocenters. The zero-order chi connectivity index (χ0) is 15.5. The van der Waals surface area contributed by atoms with Crippen molar-refractivity contribution >= 4 is 5.96 Å². The minimum atomic E-state index is 0.663. The van der Waals surface area contributed by atoms with Crippen LogP contribution < -0.4 is 15.4 Å². The van der Waals surface area contributed by atoms with E-state index in [1.54, 1.807) is 14.2 Å². The minimum Gasteiger partial charge on any atom is -0.493 e. The molecule has 0 fully saturated rings. The van der Waals surface area contributed by atoms with Crippen molar-refractivity contribution in [3.8, 4) is 5.75 Å². The average Bonchev–Trinajstić information content (AvgIpc) is 2.47. The largest absolute Gasteiger partial charge is 0.493 e. The van der Waals surface area contributed by atoms with Gasteiger partial charge in [0.1, 0.15) is 5.75 Å². The first-order chi connectivity index (χ1) is 10.2. The van der Waals surface area contributed by atoms with Crippen LogP contribution >= 0.6 is 0 Å². The molecule has 21 heavy (non-hydrogen) atoms. The molecule has 0 amide bonds. The van der Waals surface area contributed by atoms with Crippen molar-refractivity contribution < 1.29 is 9.47 Å². The van der Waals surface area contributed by atoms with Gasteiger partial charge in [0.25, 0.3) is 0 Å². The van der Waals surface area contributed by atoms with Gasteiger partial charge in [-0.1, -0.05) is 18.2 Å². The predicted octanol–water partition coefficient (Wildman–Crippen LogP) is 1.88. The van der Waals surface area contributed by atoms with Crippen molar-refractivity contribution in [2.45, 2.75) is 20.3 Å². The number of ether oxygens (including phenoxy) is 2. The fraction of sp³-hybridized carbons (Fsp3) is 0.562. The van der Waals surface area contributed by atoms with E-state index in [2.05, 4.69) is 47.7 Å². The van der Waals surface area contributed by atoms with Crippen molar-refractivity contribution in [2.24, 2.45) is 4.99 Å². The van der Waals surface area contributed by atoms with Crippen molar-refractivity contribution in [3.05, 3.63) is 29.3 Å². The van der Waals surface area contributed by atoms with Crippen LogP contribution in [-0.4, -0.2) is 46.4 Å². The maximum absolute atomic E-state index is 5.86. The van der Waals surface area contributed by atoms with Crippen molar-refractivity contribution in [3.63, 3.8) is 0 Å². The molecule has 0 spiro atoms. The molecule has 0 aliphatic heterocycles. The second kappa shape index (κ2) is 10.0. The van der Waals surface area contributed by atoms with Crippen molar-refractivity contribution in [2.75, 3.05) is 40.5 Å². The Balaban J connectivity index is 2.22. The van der Waals surface area contributed by atoms with Gasteiger partial charge in [-0.25, -0.2) is 0 Å². The van der Waals surface area contributed by atoms with Gasteiger partial charge in [-0.05, 0) is 31.4 Å². The normalized spacial score (nSPS) is 11.3. The molecule has 118 valence electrons. The van der Waals surface area contributed by atoms with Crippen LogP contribution in [0.1, 0.15) is 17.5 Å². The maximum atomic E-state index is 5.86. The molecule has 0 aromatic heterocycles.